The van der Waals surface area contributed by atoms with Crippen LogP contribution in [0, 0.1) is 5.92 Å². The lowest BCUT2D eigenvalue weighted by molar-refractivity contribution is -0.127. The van der Waals surface area contributed by atoms with Crippen LogP contribution in [0.15, 0.2) is 4.99 Å². The van der Waals surface area contributed by atoms with Crippen molar-refractivity contribution in [3.05, 3.63) is 0 Å². The number of rotatable bonds is 9. The topological polar surface area (TPSA) is 66.0 Å². The third kappa shape index (κ3) is 10.2. The molecule has 2 aliphatic carbocycles. The molecule has 0 saturated heterocycles. The first-order chi connectivity index (χ1) is 11.6. The summed E-state index contributed by atoms with van der Waals surface area (Å²) in [4.78, 5) is 17.8. The first-order valence-electron chi connectivity index (χ1n) is 9.48. The van der Waals surface area contributed by atoms with Crippen LogP contribution in [0.1, 0.15) is 51.4 Å². The Morgan fingerprint density at radius 2 is 1.88 bits per heavy atom. The number of carbonyl (C=O) groups is 1. The highest BCUT2D eigenvalue weighted by Crippen LogP contribution is 2.28. The van der Waals surface area contributed by atoms with E-state index in [2.05, 4.69) is 15.6 Å². The quantitative estimate of drug-likeness (QED) is 0.237. The van der Waals surface area contributed by atoms with Gasteiger partial charge >= 0.3 is 0 Å². The predicted octanol–water partition coefficient (Wildman–Crippen LogP) is 2.38. The Hall–Kier alpha value is -0.570. The SMILES string of the molecule is CN(C)C(=O)CN=C(NCCCOCC1CC1)NC1CCCCC1.I. The van der Waals surface area contributed by atoms with Crippen LogP contribution in [0.3, 0.4) is 0 Å². The molecule has 25 heavy (non-hydrogen) atoms. The third-order valence-corrected chi connectivity index (χ3v) is 4.63. The highest BCUT2D eigenvalue weighted by molar-refractivity contribution is 14.0. The Labute approximate surface area is 169 Å². The maximum Gasteiger partial charge on any atom is 0.243 e. The molecule has 2 aliphatic rings. The van der Waals surface area contributed by atoms with Gasteiger partial charge in [0.05, 0.1) is 0 Å². The van der Waals surface area contributed by atoms with Gasteiger partial charge in [0.25, 0.3) is 0 Å². The zero-order valence-corrected chi connectivity index (χ0v) is 18.1. The highest BCUT2D eigenvalue weighted by Gasteiger charge is 2.20. The van der Waals surface area contributed by atoms with Crippen molar-refractivity contribution < 1.29 is 9.53 Å². The van der Waals surface area contributed by atoms with Gasteiger partial charge in [-0.25, -0.2) is 4.99 Å². The van der Waals surface area contributed by atoms with Crippen LogP contribution in [-0.4, -0.2) is 63.2 Å². The van der Waals surface area contributed by atoms with Gasteiger partial charge in [0.2, 0.25) is 5.91 Å². The number of amides is 1. The van der Waals surface area contributed by atoms with Crippen LogP contribution in [0.5, 0.6) is 0 Å². The molecule has 0 aromatic carbocycles. The lowest BCUT2D eigenvalue weighted by Crippen LogP contribution is -2.45. The fraction of sp³-hybridized carbons (Fsp3) is 0.889. The summed E-state index contributed by atoms with van der Waals surface area (Å²) in [7, 11) is 3.52. The number of hydrogen-bond acceptors (Lipinski definition) is 3. The van der Waals surface area contributed by atoms with Crippen LogP contribution in [-0.2, 0) is 9.53 Å². The first-order valence-corrected chi connectivity index (χ1v) is 9.48. The van der Waals surface area contributed by atoms with Gasteiger partial charge in [-0.05, 0) is 38.0 Å². The Balaban J connectivity index is 0.00000312. The summed E-state index contributed by atoms with van der Waals surface area (Å²) in [5, 5.41) is 6.85. The summed E-state index contributed by atoms with van der Waals surface area (Å²) in [5.41, 5.74) is 0. The molecule has 0 aromatic rings. The standard InChI is InChI=1S/C18H34N4O2.HI/c1-22(2)17(23)13-20-18(21-16-7-4-3-5-8-16)19-11-6-12-24-14-15-9-10-15;/h15-16H,3-14H2,1-2H3,(H2,19,20,21);1H. The van der Waals surface area contributed by atoms with E-state index in [1.807, 2.05) is 0 Å². The minimum absolute atomic E-state index is 0. The van der Waals surface area contributed by atoms with E-state index in [1.54, 1.807) is 19.0 Å². The van der Waals surface area contributed by atoms with Crippen molar-refractivity contribution >= 4 is 35.8 Å². The van der Waals surface area contributed by atoms with Gasteiger partial charge in [-0.15, -0.1) is 24.0 Å². The van der Waals surface area contributed by atoms with Crippen molar-refractivity contribution in [1.29, 1.82) is 0 Å². The summed E-state index contributed by atoms with van der Waals surface area (Å²) in [5.74, 6) is 1.60. The van der Waals surface area contributed by atoms with Gasteiger partial charge in [-0.3, -0.25) is 4.79 Å². The molecule has 0 aromatic heterocycles. The van der Waals surface area contributed by atoms with E-state index in [9.17, 15) is 4.79 Å². The van der Waals surface area contributed by atoms with Gasteiger partial charge < -0.3 is 20.3 Å². The van der Waals surface area contributed by atoms with E-state index in [0.29, 0.717) is 6.04 Å². The normalized spacial score (nSPS) is 18.4. The first kappa shape index (κ1) is 22.5. The molecule has 0 heterocycles. The molecular weight excluding hydrogens is 431 g/mol. The van der Waals surface area contributed by atoms with Crippen LogP contribution < -0.4 is 10.6 Å². The van der Waals surface area contributed by atoms with Crippen molar-refractivity contribution in [2.75, 3.05) is 40.4 Å². The lowest BCUT2D eigenvalue weighted by atomic mass is 9.96. The van der Waals surface area contributed by atoms with Crippen molar-refractivity contribution in [3.8, 4) is 0 Å². The van der Waals surface area contributed by atoms with E-state index < -0.39 is 0 Å². The maximum absolute atomic E-state index is 11.8. The second-order valence-corrected chi connectivity index (χ2v) is 7.23. The molecule has 6 nitrogen and oxygen atoms in total. The molecule has 2 N–H and O–H groups in total. The molecule has 7 heteroatoms. The average molecular weight is 466 g/mol. The number of carbonyl (C=O) groups excluding carboxylic acids is 1. The van der Waals surface area contributed by atoms with Crippen LogP contribution in [0.4, 0.5) is 0 Å². The van der Waals surface area contributed by atoms with Crippen LogP contribution in [0.25, 0.3) is 0 Å². The van der Waals surface area contributed by atoms with Crippen molar-refractivity contribution in [2.24, 2.45) is 10.9 Å². The van der Waals surface area contributed by atoms with E-state index in [0.717, 1.165) is 38.1 Å². The van der Waals surface area contributed by atoms with Gasteiger partial charge in [0, 0.05) is 39.9 Å². The van der Waals surface area contributed by atoms with E-state index in [4.69, 9.17) is 4.74 Å². The summed E-state index contributed by atoms with van der Waals surface area (Å²) in [6.07, 6.45) is 9.88. The van der Waals surface area contributed by atoms with E-state index >= 15 is 0 Å². The summed E-state index contributed by atoms with van der Waals surface area (Å²) < 4.78 is 5.66. The fourth-order valence-electron chi connectivity index (χ4n) is 2.80. The predicted molar refractivity (Wildman–Crippen MR) is 113 cm³/mol. The second kappa shape index (κ2) is 12.7. The molecule has 2 fully saturated rings. The Morgan fingerprint density at radius 1 is 1.16 bits per heavy atom. The number of ether oxygens (including phenoxy) is 1. The molecule has 0 unspecified atom stereocenters. The molecule has 0 atom stereocenters. The number of halogens is 1. The van der Waals surface area contributed by atoms with Crippen molar-refractivity contribution in [3.63, 3.8) is 0 Å². The average Bonchev–Trinajstić information content (AvgIpc) is 3.40. The third-order valence-electron chi connectivity index (χ3n) is 4.63. The summed E-state index contributed by atoms with van der Waals surface area (Å²) in [6, 6.07) is 0.477. The van der Waals surface area contributed by atoms with Crippen LogP contribution in [0.2, 0.25) is 0 Å². The molecule has 1 amide bonds. The summed E-state index contributed by atoms with van der Waals surface area (Å²) >= 11 is 0. The molecule has 0 aliphatic heterocycles. The van der Waals surface area contributed by atoms with E-state index in [-0.39, 0.29) is 36.4 Å². The second-order valence-electron chi connectivity index (χ2n) is 7.23. The Morgan fingerprint density at radius 3 is 2.52 bits per heavy atom. The Kier molecular flexibility index (Phi) is 11.4. The molecule has 146 valence electrons. The minimum Gasteiger partial charge on any atom is -0.381 e. The smallest absolute Gasteiger partial charge is 0.243 e. The van der Waals surface area contributed by atoms with Gasteiger partial charge in [0.15, 0.2) is 5.96 Å². The molecule has 2 saturated carbocycles. The largest absolute Gasteiger partial charge is 0.381 e. The molecular formula is C18H35IN4O2. The zero-order valence-electron chi connectivity index (χ0n) is 15.8. The number of likely N-dealkylation sites (N-methyl/N-ethyl adjacent to an activating group) is 1. The van der Waals surface area contributed by atoms with Gasteiger partial charge in [-0.2, -0.15) is 0 Å². The molecule has 0 radical (unpaired) electrons. The van der Waals surface area contributed by atoms with Crippen LogP contribution >= 0.6 is 24.0 Å². The van der Waals surface area contributed by atoms with Crippen molar-refractivity contribution in [2.45, 2.75) is 57.4 Å². The number of hydrogen-bond donors (Lipinski definition) is 2. The molecule has 2 rings (SSSR count). The minimum atomic E-state index is 0. The monoisotopic (exact) mass is 466 g/mol. The van der Waals surface area contributed by atoms with Gasteiger partial charge in [0.1, 0.15) is 6.54 Å². The van der Waals surface area contributed by atoms with Gasteiger partial charge in [-0.1, -0.05) is 19.3 Å². The number of nitrogens with zero attached hydrogens (tertiary/aromatic N) is 2. The van der Waals surface area contributed by atoms with Crippen molar-refractivity contribution in [1.82, 2.24) is 15.5 Å². The Bertz CT molecular complexity index is 408. The fourth-order valence-corrected chi connectivity index (χ4v) is 2.80. The highest BCUT2D eigenvalue weighted by atomic mass is 127. The van der Waals surface area contributed by atoms with E-state index in [1.165, 1.54) is 44.9 Å². The lowest BCUT2D eigenvalue weighted by Gasteiger charge is -2.25. The molecule has 0 spiro atoms. The maximum atomic E-state index is 11.8. The summed E-state index contributed by atoms with van der Waals surface area (Å²) in [6.45, 7) is 2.71. The number of nitrogens with one attached hydrogen (secondary N) is 2. The molecule has 0 bridgehead atoms. The number of guanidine groups is 1. The zero-order chi connectivity index (χ0) is 17.2. The number of aliphatic imine (C=N–C) groups is 1.